The SMILES string of the molecule is c1ccc(COc2ccc3ccccc3c2[S+]2CCCCC2)cc1. The van der Waals surface area contributed by atoms with E-state index >= 15 is 0 Å². The minimum atomic E-state index is 0.323. The molecule has 0 radical (unpaired) electrons. The van der Waals surface area contributed by atoms with E-state index in [1.165, 1.54) is 52.0 Å². The summed E-state index contributed by atoms with van der Waals surface area (Å²) in [6.45, 7) is 0.642. The van der Waals surface area contributed by atoms with Crippen LogP contribution in [0.5, 0.6) is 5.75 Å². The molecule has 2 heteroatoms. The van der Waals surface area contributed by atoms with Crippen molar-refractivity contribution in [2.75, 3.05) is 11.5 Å². The summed E-state index contributed by atoms with van der Waals surface area (Å²) < 4.78 is 6.29. The molecule has 0 amide bonds. The number of rotatable bonds is 4. The van der Waals surface area contributed by atoms with Crippen LogP contribution in [0.3, 0.4) is 0 Å². The number of hydrogen-bond donors (Lipinski definition) is 0. The molecule has 1 nitrogen and oxygen atoms in total. The predicted molar refractivity (Wildman–Crippen MR) is 104 cm³/mol. The average molecular weight is 335 g/mol. The quantitative estimate of drug-likeness (QED) is 0.566. The van der Waals surface area contributed by atoms with Gasteiger partial charge >= 0.3 is 0 Å². The Kier molecular flexibility index (Phi) is 4.75. The van der Waals surface area contributed by atoms with Crippen molar-refractivity contribution in [2.24, 2.45) is 0 Å². The van der Waals surface area contributed by atoms with Crippen LogP contribution in [-0.4, -0.2) is 11.5 Å². The van der Waals surface area contributed by atoms with Gasteiger partial charge in [-0.05, 0) is 42.3 Å². The molecule has 0 spiro atoms. The van der Waals surface area contributed by atoms with Crippen LogP contribution in [0.25, 0.3) is 10.8 Å². The van der Waals surface area contributed by atoms with Gasteiger partial charge in [0, 0.05) is 16.3 Å². The molecule has 0 atom stereocenters. The van der Waals surface area contributed by atoms with Crippen molar-refractivity contribution in [1.29, 1.82) is 0 Å². The van der Waals surface area contributed by atoms with Gasteiger partial charge in [0.2, 0.25) is 4.90 Å². The minimum Gasteiger partial charge on any atom is -0.484 e. The van der Waals surface area contributed by atoms with Gasteiger partial charge in [-0.25, -0.2) is 0 Å². The second kappa shape index (κ2) is 7.31. The summed E-state index contributed by atoms with van der Waals surface area (Å²) in [7, 11) is 0.323. The maximum absolute atomic E-state index is 6.29. The second-order valence-corrected chi connectivity index (χ2v) is 8.56. The van der Waals surface area contributed by atoms with E-state index in [-0.39, 0.29) is 0 Å². The summed E-state index contributed by atoms with van der Waals surface area (Å²) >= 11 is 0. The monoisotopic (exact) mass is 335 g/mol. The Morgan fingerprint density at radius 1 is 0.750 bits per heavy atom. The molecule has 1 heterocycles. The predicted octanol–water partition coefficient (Wildman–Crippen LogP) is 5.58. The van der Waals surface area contributed by atoms with Crippen molar-refractivity contribution in [3.8, 4) is 5.75 Å². The third kappa shape index (κ3) is 3.29. The van der Waals surface area contributed by atoms with Crippen LogP contribution >= 0.6 is 0 Å². The Balaban J connectivity index is 1.70. The van der Waals surface area contributed by atoms with E-state index in [1.54, 1.807) is 0 Å². The molecule has 1 aliphatic heterocycles. The third-order valence-corrected chi connectivity index (χ3v) is 7.21. The molecular weight excluding hydrogens is 312 g/mol. The van der Waals surface area contributed by atoms with E-state index in [1.807, 2.05) is 6.07 Å². The van der Waals surface area contributed by atoms with E-state index < -0.39 is 0 Å². The zero-order chi connectivity index (χ0) is 16.2. The Morgan fingerprint density at radius 2 is 1.50 bits per heavy atom. The summed E-state index contributed by atoms with van der Waals surface area (Å²) in [5.74, 6) is 3.72. The first kappa shape index (κ1) is 15.6. The Morgan fingerprint density at radius 3 is 2.33 bits per heavy atom. The lowest BCUT2D eigenvalue weighted by Gasteiger charge is -2.18. The van der Waals surface area contributed by atoms with Crippen molar-refractivity contribution in [1.82, 2.24) is 0 Å². The summed E-state index contributed by atoms with van der Waals surface area (Å²) in [5.41, 5.74) is 1.23. The Labute approximate surface area is 147 Å². The van der Waals surface area contributed by atoms with E-state index in [0.29, 0.717) is 17.5 Å². The van der Waals surface area contributed by atoms with E-state index in [2.05, 4.69) is 60.7 Å². The topological polar surface area (TPSA) is 9.23 Å². The van der Waals surface area contributed by atoms with Crippen molar-refractivity contribution >= 4 is 21.7 Å². The smallest absolute Gasteiger partial charge is 0.204 e. The molecule has 0 N–H and O–H groups in total. The first-order chi connectivity index (χ1) is 11.9. The first-order valence-electron chi connectivity index (χ1n) is 8.78. The van der Waals surface area contributed by atoms with Gasteiger partial charge in [0.1, 0.15) is 18.1 Å². The van der Waals surface area contributed by atoms with Crippen LogP contribution in [0.4, 0.5) is 0 Å². The Bertz CT molecular complexity index is 807. The summed E-state index contributed by atoms with van der Waals surface area (Å²) in [4.78, 5) is 1.46. The van der Waals surface area contributed by atoms with Crippen molar-refractivity contribution < 1.29 is 4.74 Å². The molecule has 0 unspecified atom stereocenters. The van der Waals surface area contributed by atoms with Gasteiger partial charge in [0.05, 0.1) is 0 Å². The van der Waals surface area contributed by atoms with Crippen molar-refractivity contribution in [2.45, 2.75) is 30.8 Å². The maximum atomic E-state index is 6.29. The van der Waals surface area contributed by atoms with Gasteiger partial charge in [0.15, 0.2) is 5.75 Å². The summed E-state index contributed by atoms with van der Waals surface area (Å²) in [6, 6.07) is 23.6. The lowest BCUT2D eigenvalue weighted by Crippen LogP contribution is -2.19. The minimum absolute atomic E-state index is 0.323. The largest absolute Gasteiger partial charge is 0.484 e. The molecule has 1 aliphatic rings. The average Bonchev–Trinajstić information content (AvgIpc) is 2.67. The second-order valence-electron chi connectivity index (χ2n) is 6.35. The lowest BCUT2D eigenvalue weighted by atomic mass is 10.1. The molecule has 0 aromatic heterocycles. The highest BCUT2D eigenvalue weighted by atomic mass is 32.2. The first-order valence-corrected chi connectivity index (χ1v) is 10.3. The molecule has 4 rings (SSSR count). The van der Waals surface area contributed by atoms with E-state index in [4.69, 9.17) is 4.74 Å². The van der Waals surface area contributed by atoms with E-state index in [9.17, 15) is 0 Å². The highest BCUT2D eigenvalue weighted by Gasteiger charge is 2.30. The van der Waals surface area contributed by atoms with E-state index in [0.717, 1.165) is 5.75 Å². The number of benzene rings is 3. The van der Waals surface area contributed by atoms with Gasteiger partial charge in [0.25, 0.3) is 0 Å². The lowest BCUT2D eigenvalue weighted by molar-refractivity contribution is 0.299. The molecule has 1 saturated heterocycles. The van der Waals surface area contributed by atoms with Gasteiger partial charge in [-0.15, -0.1) is 0 Å². The molecule has 3 aromatic rings. The highest BCUT2D eigenvalue weighted by molar-refractivity contribution is 7.97. The molecule has 0 saturated carbocycles. The van der Waals surface area contributed by atoms with Gasteiger partial charge < -0.3 is 4.74 Å². The highest BCUT2D eigenvalue weighted by Crippen LogP contribution is 2.36. The van der Waals surface area contributed by atoms with Crippen LogP contribution < -0.4 is 4.74 Å². The molecule has 24 heavy (non-hydrogen) atoms. The third-order valence-electron chi connectivity index (χ3n) is 4.65. The fourth-order valence-corrected chi connectivity index (χ4v) is 6.03. The number of fused-ring (bicyclic) bond motifs is 1. The van der Waals surface area contributed by atoms with Crippen LogP contribution in [0, 0.1) is 0 Å². The molecule has 3 aromatic carbocycles. The fourth-order valence-electron chi connectivity index (χ4n) is 3.41. The Hall–Kier alpha value is -1.93. The molecule has 122 valence electrons. The van der Waals surface area contributed by atoms with Crippen LogP contribution in [0.1, 0.15) is 24.8 Å². The van der Waals surface area contributed by atoms with Crippen molar-refractivity contribution in [3.63, 3.8) is 0 Å². The summed E-state index contributed by atoms with van der Waals surface area (Å²) in [5, 5.41) is 2.71. The van der Waals surface area contributed by atoms with Gasteiger partial charge in [-0.2, -0.15) is 0 Å². The van der Waals surface area contributed by atoms with Gasteiger partial charge in [-0.1, -0.05) is 54.6 Å². The van der Waals surface area contributed by atoms with Crippen LogP contribution in [-0.2, 0) is 17.5 Å². The number of hydrogen-bond acceptors (Lipinski definition) is 1. The summed E-state index contributed by atoms with van der Waals surface area (Å²) in [6.07, 6.45) is 4.09. The maximum Gasteiger partial charge on any atom is 0.204 e. The standard InChI is InChI=1S/C22H23OS/c1-3-9-18(10-4-1)17-23-21-14-13-19-11-5-6-12-20(19)22(21)24-15-7-2-8-16-24/h1,3-6,9-14H,2,7-8,15-17H2/q+1. The van der Waals surface area contributed by atoms with Gasteiger partial charge in [-0.3, -0.25) is 0 Å². The van der Waals surface area contributed by atoms with Crippen LogP contribution in [0.2, 0.25) is 0 Å². The van der Waals surface area contributed by atoms with Crippen LogP contribution in [0.15, 0.2) is 71.6 Å². The number of ether oxygens (including phenoxy) is 1. The zero-order valence-electron chi connectivity index (χ0n) is 13.9. The molecular formula is C22H23OS+. The molecule has 0 bridgehead atoms. The molecule has 0 aliphatic carbocycles. The normalized spacial score (nSPS) is 15.5. The molecule has 1 fully saturated rings. The zero-order valence-corrected chi connectivity index (χ0v) is 14.7. The van der Waals surface area contributed by atoms with Crippen molar-refractivity contribution in [3.05, 3.63) is 72.3 Å². The fraction of sp³-hybridized carbons (Fsp3) is 0.273.